The number of amides is 1. The largest absolute Gasteiger partial charge is 0.338 e. The molecule has 0 atom stereocenters. The molecule has 110 valence electrons. The summed E-state index contributed by atoms with van der Waals surface area (Å²) in [7, 11) is 0. The maximum absolute atomic E-state index is 12.0. The van der Waals surface area contributed by atoms with E-state index in [9.17, 15) is 4.79 Å². The zero-order valence-corrected chi connectivity index (χ0v) is 14.0. The SMILES string of the molecule is CC.CC.CC(C)CC(=O)N1CCCCC1(C)C. The van der Waals surface area contributed by atoms with Gasteiger partial charge in [0, 0.05) is 18.5 Å². The minimum absolute atomic E-state index is 0.0875. The fourth-order valence-electron chi connectivity index (χ4n) is 2.19. The van der Waals surface area contributed by atoms with Crippen LogP contribution in [0.15, 0.2) is 0 Å². The van der Waals surface area contributed by atoms with Gasteiger partial charge in [0.05, 0.1) is 0 Å². The first-order valence-electron chi connectivity index (χ1n) is 7.74. The molecule has 2 heteroatoms. The van der Waals surface area contributed by atoms with Gasteiger partial charge in [-0.05, 0) is 39.0 Å². The summed E-state index contributed by atoms with van der Waals surface area (Å²) in [4.78, 5) is 14.0. The van der Waals surface area contributed by atoms with Crippen molar-refractivity contribution >= 4 is 5.91 Å². The van der Waals surface area contributed by atoms with Crippen LogP contribution < -0.4 is 0 Å². The summed E-state index contributed by atoms with van der Waals surface area (Å²) in [6, 6.07) is 0. The van der Waals surface area contributed by atoms with Crippen molar-refractivity contribution in [2.75, 3.05) is 6.54 Å². The van der Waals surface area contributed by atoms with E-state index in [1.807, 2.05) is 27.7 Å². The number of hydrogen-bond donors (Lipinski definition) is 0. The highest BCUT2D eigenvalue weighted by molar-refractivity contribution is 5.77. The maximum Gasteiger partial charge on any atom is 0.223 e. The highest BCUT2D eigenvalue weighted by atomic mass is 16.2. The van der Waals surface area contributed by atoms with E-state index in [0.717, 1.165) is 13.0 Å². The predicted molar refractivity (Wildman–Crippen MR) is 81.8 cm³/mol. The number of nitrogens with zero attached hydrogens (tertiary/aromatic N) is 1. The second-order valence-corrected chi connectivity index (χ2v) is 5.41. The molecular formula is C16H35NO. The average Bonchev–Trinajstić information content (AvgIpc) is 2.32. The molecule has 0 aromatic rings. The quantitative estimate of drug-likeness (QED) is 0.690. The highest BCUT2D eigenvalue weighted by Gasteiger charge is 2.32. The Morgan fingerprint density at radius 1 is 1.11 bits per heavy atom. The normalized spacial score (nSPS) is 17.3. The lowest BCUT2D eigenvalue weighted by Crippen LogP contribution is -2.50. The van der Waals surface area contributed by atoms with Crippen molar-refractivity contribution in [1.82, 2.24) is 4.90 Å². The van der Waals surface area contributed by atoms with Gasteiger partial charge < -0.3 is 4.90 Å². The predicted octanol–water partition coefficient (Wildman–Crippen LogP) is 4.88. The summed E-state index contributed by atoms with van der Waals surface area (Å²) in [5.74, 6) is 0.810. The van der Waals surface area contributed by atoms with Crippen molar-refractivity contribution in [1.29, 1.82) is 0 Å². The van der Waals surface area contributed by atoms with Gasteiger partial charge in [-0.25, -0.2) is 0 Å². The van der Waals surface area contributed by atoms with Crippen LogP contribution in [0.4, 0.5) is 0 Å². The van der Waals surface area contributed by atoms with Gasteiger partial charge in [-0.2, -0.15) is 0 Å². The molecular weight excluding hydrogens is 222 g/mol. The average molecular weight is 257 g/mol. The lowest BCUT2D eigenvalue weighted by molar-refractivity contribution is -0.139. The topological polar surface area (TPSA) is 20.3 Å². The Kier molecular flexibility index (Phi) is 11.4. The molecule has 1 amide bonds. The molecule has 1 heterocycles. The third-order valence-electron chi connectivity index (χ3n) is 3.03. The fraction of sp³-hybridized carbons (Fsp3) is 0.938. The van der Waals surface area contributed by atoms with Crippen molar-refractivity contribution < 1.29 is 4.79 Å². The summed E-state index contributed by atoms with van der Waals surface area (Å²) >= 11 is 0. The minimum Gasteiger partial charge on any atom is -0.338 e. The molecule has 0 saturated carbocycles. The van der Waals surface area contributed by atoms with Gasteiger partial charge in [0.1, 0.15) is 0 Å². The Balaban J connectivity index is 0. The summed E-state index contributed by atoms with van der Waals surface area (Å²) in [5.41, 5.74) is 0.0875. The standard InChI is InChI=1S/C12H23NO.2C2H6/c1-10(2)9-11(14)13-8-6-5-7-12(13,3)4;2*1-2/h10H,5-9H2,1-4H3;2*1-2H3. The Morgan fingerprint density at radius 2 is 1.61 bits per heavy atom. The molecule has 0 spiro atoms. The van der Waals surface area contributed by atoms with Crippen molar-refractivity contribution in [2.45, 2.75) is 86.6 Å². The molecule has 0 radical (unpaired) electrons. The van der Waals surface area contributed by atoms with E-state index >= 15 is 0 Å². The molecule has 18 heavy (non-hydrogen) atoms. The Hall–Kier alpha value is -0.530. The first kappa shape index (κ1) is 19.8. The number of piperidine rings is 1. The first-order valence-corrected chi connectivity index (χ1v) is 7.74. The van der Waals surface area contributed by atoms with Crippen molar-refractivity contribution in [3.05, 3.63) is 0 Å². The number of carbonyl (C=O) groups excluding carboxylic acids is 1. The molecule has 1 saturated heterocycles. The van der Waals surface area contributed by atoms with E-state index in [2.05, 4.69) is 32.6 Å². The van der Waals surface area contributed by atoms with Crippen LogP contribution in [-0.4, -0.2) is 22.9 Å². The van der Waals surface area contributed by atoms with E-state index in [1.54, 1.807) is 0 Å². The monoisotopic (exact) mass is 257 g/mol. The molecule has 0 bridgehead atoms. The van der Waals surface area contributed by atoms with Crippen LogP contribution in [0.1, 0.15) is 81.1 Å². The van der Waals surface area contributed by atoms with Gasteiger partial charge in [-0.15, -0.1) is 0 Å². The molecule has 0 aliphatic carbocycles. The zero-order valence-electron chi connectivity index (χ0n) is 14.0. The molecule has 1 rings (SSSR count). The van der Waals surface area contributed by atoms with Crippen LogP contribution in [0, 0.1) is 5.92 Å². The second kappa shape index (κ2) is 10.4. The van der Waals surface area contributed by atoms with E-state index in [1.165, 1.54) is 12.8 Å². The highest BCUT2D eigenvalue weighted by Crippen LogP contribution is 2.28. The Labute approximate surface area is 115 Å². The molecule has 0 unspecified atom stereocenters. The van der Waals surface area contributed by atoms with Gasteiger partial charge in [-0.3, -0.25) is 4.79 Å². The summed E-state index contributed by atoms with van der Waals surface area (Å²) < 4.78 is 0. The minimum atomic E-state index is 0.0875. The van der Waals surface area contributed by atoms with Gasteiger partial charge in [0.25, 0.3) is 0 Å². The molecule has 1 aliphatic rings. The molecule has 0 aromatic carbocycles. The van der Waals surface area contributed by atoms with Crippen molar-refractivity contribution in [2.24, 2.45) is 5.92 Å². The van der Waals surface area contributed by atoms with Gasteiger partial charge in [0.15, 0.2) is 0 Å². The van der Waals surface area contributed by atoms with E-state index in [-0.39, 0.29) is 5.54 Å². The van der Waals surface area contributed by atoms with Gasteiger partial charge >= 0.3 is 0 Å². The fourth-order valence-corrected chi connectivity index (χ4v) is 2.19. The number of hydrogen-bond acceptors (Lipinski definition) is 1. The third kappa shape index (κ3) is 7.03. The smallest absolute Gasteiger partial charge is 0.223 e. The van der Waals surface area contributed by atoms with E-state index < -0.39 is 0 Å². The van der Waals surface area contributed by atoms with Crippen LogP contribution >= 0.6 is 0 Å². The van der Waals surface area contributed by atoms with Crippen LogP contribution in [0.25, 0.3) is 0 Å². The molecule has 0 aromatic heterocycles. The second-order valence-electron chi connectivity index (χ2n) is 5.41. The van der Waals surface area contributed by atoms with Crippen LogP contribution in [-0.2, 0) is 4.79 Å². The Bertz CT molecular complexity index is 209. The molecule has 1 aliphatic heterocycles. The van der Waals surface area contributed by atoms with Gasteiger partial charge in [-0.1, -0.05) is 41.5 Å². The molecule has 0 N–H and O–H groups in total. The zero-order chi connectivity index (χ0) is 14.8. The summed E-state index contributed by atoms with van der Waals surface area (Å²) in [6.45, 7) is 17.5. The number of likely N-dealkylation sites (tertiary alicyclic amines) is 1. The number of rotatable bonds is 2. The number of carbonyl (C=O) groups is 1. The van der Waals surface area contributed by atoms with Crippen LogP contribution in [0.5, 0.6) is 0 Å². The molecule has 2 nitrogen and oxygen atoms in total. The van der Waals surface area contributed by atoms with Crippen molar-refractivity contribution in [3.63, 3.8) is 0 Å². The van der Waals surface area contributed by atoms with Gasteiger partial charge in [0.2, 0.25) is 5.91 Å². The van der Waals surface area contributed by atoms with Crippen molar-refractivity contribution in [3.8, 4) is 0 Å². The van der Waals surface area contributed by atoms with E-state index in [0.29, 0.717) is 18.2 Å². The summed E-state index contributed by atoms with van der Waals surface area (Å²) in [6.07, 6.45) is 4.28. The van der Waals surface area contributed by atoms with Crippen LogP contribution in [0.2, 0.25) is 0 Å². The lowest BCUT2D eigenvalue weighted by atomic mass is 9.89. The Morgan fingerprint density at radius 3 is 2.00 bits per heavy atom. The third-order valence-corrected chi connectivity index (χ3v) is 3.03. The lowest BCUT2D eigenvalue weighted by Gasteiger charge is -2.43. The maximum atomic E-state index is 12.0. The van der Waals surface area contributed by atoms with Crippen LogP contribution in [0.3, 0.4) is 0 Å². The summed E-state index contributed by atoms with van der Waals surface area (Å²) in [5, 5.41) is 0. The first-order chi connectivity index (χ1) is 8.43. The molecule has 1 fully saturated rings. The van der Waals surface area contributed by atoms with E-state index in [4.69, 9.17) is 0 Å².